The van der Waals surface area contributed by atoms with Crippen LogP contribution in [0.2, 0.25) is 14.8 Å². The first-order valence-corrected chi connectivity index (χ1v) is 16.2. The van der Waals surface area contributed by atoms with Crippen molar-refractivity contribution in [1.29, 1.82) is 0 Å². The van der Waals surface area contributed by atoms with Gasteiger partial charge in [0.15, 0.2) is 0 Å². The second kappa shape index (κ2) is 5.51. The zero-order valence-electron chi connectivity index (χ0n) is 12.1. The van der Waals surface area contributed by atoms with Crippen LogP contribution in [0.4, 0.5) is 10.5 Å². The zero-order chi connectivity index (χ0) is 14.0. The summed E-state index contributed by atoms with van der Waals surface area (Å²) in [6.45, 7) is 5.55. The monoisotopic (exact) mass is 357 g/mol. The molecule has 0 fully saturated rings. The molecule has 100 valence electrons. The molecular formula is C14H23NO2Sn. The summed E-state index contributed by atoms with van der Waals surface area (Å²) >= 11 is -1.99. The average molecular weight is 356 g/mol. The molecule has 0 spiro atoms. The fraction of sp³-hybridized carbons (Fsp3) is 0.500. The molecule has 1 N–H and O–H groups in total. The Kier molecular flexibility index (Phi) is 4.70. The van der Waals surface area contributed by atoms with E-state index in [4.69, 9.17) is 4.74 Å². The zero-order valence-corrected chi connectivity index (χ0v) is 15.0. The second-order valence-corrected chi connectivity index (χ2v) is 20.9. The van der Waals surface area contributed by atoms with Gasteiger partial charge in [-0.1, -0.05) is 0 Å². The van der Waals surface area contributed by atoms with Gasteiger partial charge in [-0.05, 0) is 0 Å². The van der Waals surface area contributed by atoms with Crippen molar-refractivity contribution in [3.8, 4) is 0 Å². The van der Waals surface area contributed by atoms with Crippen LogP contribution in [0.5, 0.6) is 0 Å². The third-order valence-electron chi connectivity index (χ3n) is 2.40. The Balaban J connectivity index is 2.67. The molecule has 0 aromatic heterocycles. The Morgan fingerprint density at radius 2 is 1.61 bits per heavy atom. The van der Waals surface area contributed by atoms with Gasteiger partial charge < -0.3 is 0 Å². The molecule has 0 aliphatic carbocycles. The maximum atomic E-state index is 11.6. The van der Waals surface area contributed by atoms with Gasteiger partial charge in [0, 0.05) is 0 Å². The van der Waals surface area contributed by atoms with Gasteiger partial charge in [0.25, 0.3) is 0 Å². The molecule has 0 saturated carbocycles. The molecule has 1 aromatic carbocycles. The van der Waals surface area contributed by atoms with Crippen LogP contribution in [0.25, 0.3) is 0 Å². The van der Waals surface area contributed by atoms with E-state index in [2.05, 4.69) is 32.3 Å². The summed E-state index contributed by atoms with van der Waals surface area (Å²) in [5.74, 6) is 0. The number of ether oxygens (including phenoxy) is 1. The topological polar surface area (TPSA) is 38.3 Å². The molecule has 4 heteroatoms. The summed E-state index contributed by atoms with van der Waals surface area (Å²) in [6, 6.07) is 8.12. The Labute approximate surface area is 114 Å². The molecule has 0 saturated heterocycles. The molecule has 0 bridgehead atoms. The van der Waals surface area contributed by atoms with Gasteiger partial charge in [0.2, 0.25) is 0 Å². The van der Waals surface area contributed by atoms with Gasteiger partial charge in [-0.25, -0.2) is 0 Å². The summed E-state index contributed by atoms with van der Waals surface area (Å²) in [7, 11) is 0. The number of hydrogen-bond donors (Lipinski definition) is 1. The Morgan fingerprint density at radius 1 is 1.11 bits per heavy atom. The van der Waals surface area contributed by atoms with Crippen molar-refractivity contribution >= 4 is 33.7 Å². The summed E-state index contributed by atoms with van der Waals surface area (Å²) in [4.78, 5) is 18.7. The Hall–Kier alpha value is -0.711. The molecule has 0 radical (unpaired) electrons. The van der Waals surface area contributed by atoms with Gasteiger partial charge in [-0.2, -0.15) is 0 Å². The van der Waals surface area contributed by atoms with E-state index >= 15 is 0 Å². The third kappa shape index (κ3) is 5.29. The number of benzene rings is 1. The van der Waals surface area contributed by atoms with Crippen molar-refractivity contribution in [2.24, 2.45) is 0 Å². The van der Waals surface area contributed by atoms with Crippen molar-refractivity contribution in [2.45, 2.75) is 41.2 Å². The SMILES string of the molecule is CC(C)(C)OC(=O)Nc1cc[c]([Sn]([CH3])([CH3])[CH3])cc1. The molecule has 1 amide bonds. The molecule has 0 atom stereocenters. The number of amides is 1. The van der Waals surface area contributed by atoms with Gasteiger partial charge >= 0.3 is 114 Å². The first-order chi connectivity index (χ1) is 8.08. The van der Waals surface area contributed by atoms with Crippen LogP contribution in [-0.4, -0.2) is 30.1 Å². The van der Waals surface area contributed by atoms with Gasteiger partial charge in [-0.15, -0.1) is 0 Å². The quantitative estimate of drug-likeness (QED) is 0.823. The van der Waals surface area contributed by atoms with Crippen molar-refractivity contribution in [3.05, 3.63) is 24.3 Å². The first-order valence-electron chi connectivity index (χ1n) is 6.18. The van der Waals surface area contributed by atoms with Crippen LogP contribution in [-0.2, 0) is 4.74 Å². The number of anilines is 1. The number of carbonyl (C=O) groups excluding carboxylic acids is 1. The molecule has 3 nitrogen and oxygen atoms in total. The predicted octanol–water partition coefficient (Wildman–Crippen LogP) is 3.58. The summed E-state index contributed by atoms with van der Waals surface area (Å²) in [6.07, 6.45) is -0.408. The van der Waals surface area contributed by atoms with Crippen LogP contribution in [0.3, 0.4) is 0 Å². The second-order valence-electron chi connectivity index (χ2n) is 6.45. The standard InChI is InChI=1S/C11H14NO2.3CH3.Sn/c1-11(2,3)14-10(13)12-9-7-5-4-6-8-9;;;;/h5-8H,1-3H3,(H,12,13);3*1H3;. The molecular weight excluding hydrogens is 333 g/mol. The average Bonchev–Trinajstić information content (AvgIpc) is 2.13. The van der Waals surface area contributed by atoms with Crippen molar-refractivity contribution in [3.63, 3.8) is 0 Å². The van der Waals surface area contributed by atoms with E-state index in [1.165, 1.54) is 3.58 Å². The van der Waals surface area contributed by atoms with Gasteiger partial charge in [-0.3, -0.25) is 0 Å². The molecule has 0 aliphatic heterocycles. The minimum absolute atomic E-state index is 0.408. The van der Waals surface area contributed by atoms with E-state index in [9.17, 15) is 4.79 Å². The number of carbonyl (C=O) groups is 1. The van der Waals surface area contributed by atoms with Gasteiger partial charge in [0.1, 0.15) is 0 Å². The summed E-state index contributed by atoms with van der Waals surface area (Å²) in [5, 5.41) is 2.74. The summed E-state index contributed by atoms with van der Waals surface area (Å²) in [5.41, 5.74) is 0.315. The van der Waals surface area contributed by atoms with Crippen LogP contribution in [0.15, 0.2) is 24.3 Å². The first kappa shape index (κ1) is 15.3. The Bertz CT molecular complexity index is 413. The van der Waals surface area contributed by atoms with E-state index in [1.54, 1.807) is 0 Å². The third-order valence-corrected chi connectivity index (χ3v) is 8.29. The fourth-order valence-corrected chi connectivity index (χ4v) is 4.80. The minimum atomic E-state index is -1.99. The number of nitrogens with one attached hydrogen (secondary N) is 1. The summed E-state index contributed by atoms with van der Waals surface area (Å²) < 4.78 is 6.65. The molecule has 1 rings (SSSR count). The van der Waals surface area contributed by atoms with Crippen LogP contribution < -0.4 is 8.90 Å². The molecule has 18 heavy (non-hydrogen) atoms. The van der Waals surface area contributed by atoms with E-state index in [0.717, 1.165) is 5.69 Å². The van der Waals surface area contributed by atoms with E-state index in [0.29, 0.717) is 0 Å². The van der Waals surface area contributed by atoms with Crippen molar-refractivity contribution in [1.82, 2.24) is 0 Å². The van der Waals surface area contributed by atoms with E-state index in [1.807, 2.05) is 32.9 Å². The van der Waals surface area contributed by atoms with Gasteiger partial charge in [0.05, 0.1) is 0 Å². The van der Waals surface area contributed by atoms with Crippen molar-refractivity contribution in [2.75, 3.05) is 5.32 Å². The van der Waals surface area contributed by atoms with E-state index in [-0.39, 0.29) is 0 Å². The van der Waals surface area contributed by atoms with Crippen LogP contribution in [0, 0.1) is 0 Å². The normalized spacial score (nSPS) is 12.1. The number of rotatable bonds is 2. The van der Waals surface area contributed by atoms with E-state index < -0.39 is 30.1 Å². The van der Waals surface area contributed by atoms with Crippen LogP contribution >= 0.6 is 0 Å². The van der Waals surface area contributed by atoms with Crippen molar-refractivity contribution < 1.29 is 9.53 Å². The van der Waals surface area contributed by atoms with Crippen LogP contribution in [0.1, 0.15) is 20.8 Å². The predicted molar refractivity (Wildman–Crippen MR) is 79.3 cm³/mol. The molecule has 0 unspecified atom stereocenters. The Morgan fingerprint density at radius 3 is 2.00 bits per heavy atom. The molecule has 0 aliphatic rings. The molecule has 1 aromatic rings. The molecule has 0 heterocycles. The maximum absolute atomic E-state index is 11.6. The number of hydrogen-bond acceptors (Lipinski definition) is 2. The fourth-order valence-electron chi connectivity index (χ4n) is 1.48.